The van der Waals surface area contributed by atoms with Gasteiger partial charge in [0.15, 0.2) is 5.82 Å². The van der Waals surface area contributed by atoms with Crippen molar-refractivity contribution in [3.8, 4) is 17.1 Å². The van der Waals surface area contributed by atoms with Crippen LogP contribution in [0.15, 0.2) is 54.7 Å². The van der Waals surface area contributed by atoms with E-state index in [4.69, 9.17) is 21.4 Å². The molecule has 1 aliphatic rings. The Bertz CT molecular complexity index is 1020. The lowest BCUT2D eigenvalue weighted by Crippen LogP contribution is -2.35. The number of aromatic nitrogens is 2. The zero-order valence-electron chi connectivity index (χ0n) is 15.7. The molecule has 0 radical (unpaired) electrons. The van der Waals surface area contributed by atoms with Crippen LogP contribution in [-0.2, 0) is 24.4 Å². The van der Waals surface area contributed by atoms with Crippen LogP contribution in [0, 0.1) is 0 Å². The average molecular weight is 410 g/mol. The van der Waals surface area contributed by atoms with Crippen LogP contribution in [0.3, 0.4) is 0 Å². The van der Waals surface area contributed by atoms with Crippen molar-refractivity contribution in [2.45, 2.75) is 19.6 Å². The predicted molar refractivity (Wildman–Crippen MR) is 110 cm³/mol. The summed E-state index contributed by atoms with van der Waals surface area (Å²) in [6.07, 6.45) is 2.52. The molecular weight excluding hydrogens is 390 g/mol. The maximum absolute atomic E-state index is 10.9. The normalized spacial score (nSPS) is 13.7. The number of benzene rings is 2. The monoisotopic (exact) mass is 409 g/mol. The van der Waals surface area contributed by atoms with Crippen LogP contribution in [0.2, 0.25) is 5.02 Å². The number of fused-ring (bicyclic) bond motifs is 1. The molecule has 0 saturated heterocycles. The lowest BCUT2D eigenvalue weighted by molar-refractivity contribution is -0.138. The van der Waals surface area contributed by atoms with Crippen LogP contribution < -0.4 is 4.74 Å². The standard InChI is InChI=1S/C22H20ClN3O3/c23-18-3-1-2-15(10-18)14-29-19-6-4-16(5-7-19)22-24-11-17-12-26(13-21(27)28)9-8-20(17)25-22/h1-7,10-11H,8-9,12-14H2,(H,27,28). The van der Waals surface area contributed by atoms with E-state index in [1.54, 1.807) is 6.20 Å². The Kier molecular flexibility index (Phi) is 5.74. The molecule has 148 valence electrons. The molecule has 4 rings (SSSR count). The predicted octanol–water partition coefficient (Wildman–Crippen LogP) is 3.82. The maximum Gasteiger partial charge on any atom is 0.317 e. The summed E-state index contributed by atoms with van der Waals surface area (Å²) in [5, 5.41) is 9.65. The molecule has 29 heavy (non-hydrogen) atoms. The summed E-state index contributed by atoms with van der Waals surface area (Å²) < 4.78 is 5.82. The zero-order valence-corrected chi connectivity index (χ0v) is 16.5. The van der Waals surface area contributed by atoms with Gasteiger partial charge in [-0.3, -0.25) is 9.69 Å². The zero-order chi connectivity index (χ0) is 20.2. The highest BCUT2D eigenvalue weighted by Gasteiger charge is 2.20. The number of hydrogen-bond acceptors (Lipinski definition) is 5. The first kappa shape index (κ1) is 19.4. The van der Waals surface area contributed by atoms with E-state index in [0.717, 1.165) is 34.6 Å². The average Bonchev–Trinajstić information content (AvgIpc) is 2.72. The van der Waals surface area contributed by atoms with Crippen molar-refractivity contribution >= 4 is 17.6 Å². The van der Waals surface area contributed by atoms with Crippen molar-refractivity contribution in [3.63, 3.8) is 0 Å². The van der Waals surface area contributed by atoms with E-state index in [2.05, 4.69) is 9.97 Å². The van der Waals surface area contributed by atoms with Gasteiger partial charge in [0.1, 0.15) is 12.4 Å². The molecule has 7 heteroatoms. The van der Waals surface area contributed by atoms with E-state index in [-0.39, 0.29) is 6.54 Å². The summed E-state index contributed by atoms with van der Waals surface area (Å²) in [5.41, 5.74) is 3.90. The van der Waals surface area contributed by atoms with E-state index < -0.39 is 5.97 Å². The molecule has 2 heterocycles. The molecule has 1 aliphatic heterocycles. The number of aliphatic carboxylic acids is 1. The number of nitrogens with zero attached hydrogens (tertiary/aromatic N) is 3. The molecule has 3 aromatic rings. The second kappa shape index (κ2) is 8.59. The summed E-state index contributed by atoms with van der Waals surface area (Å²) in [7, 11) is 0. The highest BCUT2D eigenvalue weighted by Crippen LogP contribution is 2.23. The Morgan fingerprint density at radius 3 is 2.79 bits per heavy atom. The van der Waals surface area contributed by atoms with Gasteiger partial charge in [-0.1, -0.05) is 23.7 Å². The van der Waals surface area contributed by atoms with Crippen molar-refractivity contribution in [2.75, 3.05) is 13.1 Å². The molecule has 0 aliphatic carbocycles. The van der Waals surface area contributed by atoms with Gasteiger partial charge < -0.3 is 9.84 Å². The maximum atomic E-state index is 10.9. The molecule has 1 aromatic heterocycles. The third-order valence-electron chi connectivity index (χ3n) is 4.78. The number of ether oxygens (including phenoxy) is 1. The van der Waals surface area contributed by atoms with Gasteiger partial charge in [0.25, 0.3) is 0 Å². The summed E-state index contributed by atoms with van der Waals surface area (Å²) in [4.78, 5) is 21.9. The first-order valence-electron chi connectivity index (χ1n) is 9.33. The fourth-order valence-corrected chi connectivity index (χ4v) is 3.55. The van der Waals surface area contributed by atoms with Gasteiger partial charge in [-0.25, -0.2) is 9.97 Å². The summed E-state index contributed by atoms with van der Waals surface area (Å²) >= 11 is 6.00. The molecule has 0 amide bonds. The Hall–Kier alpha value is -2.96. The molecule has 0 saturated carbocycles. The number of carbonyl (C=O) groups is 1. The van der Waals surface area contributed by atoms with Crippen molar-refractivity contribution in [3.05, 3.63) is 76.6 Å². The first-order chi connectivity index (χ1) is 14.1. The van der Waals surface area contributed by atoms with Crippen LogP contribution in [0.25, 0.3) is 11.4 Å². The third kappa shape index (κ3) is 4.91. The largest absolute Gasteiger partial charge is 0.489 e. The van der Waals surface area contributed by atoms with Crippen molar-refractivity contribution in [1.29, 1.82) is 0 Å². The van der Waals surface area contributed by atoms with Crippen LogP contribution in [0.5, 0.6) is 5.75 Å². The number of hydrogen-bond donors (Lipinski definition) is 1. The van der Waals surface area contributed by atoms with Crippen LogP contribution in [0.4, 0.5) is 0 Å². The summed E-state index contributed by atoms with van der Waals surface area (Å²) in [6.45, 7) is 1.74. The van der Waals surface area contributed by atoms with Gasteiger partial charge in [0.2, 0.25) is 0 Å². The van der Waals surface area contributed by atoms with Gasteiger partial charge in [0.05, 0.1) is 12.2 Å². The Morgan fingerprint density at radius 2 is 2.03 bits per heavy atom. The Balaban J connectivity index is 1.42. The van der Waals surface area contributed by atoms with Crippen LogP contribution in [-0.4, -0.2) is 39.0 Å². The minimum atomic E-state index is -0.816. The number of rotatable bonds is 6. The fraction of sp³-hybridized carbons (Fsp3) is 0.227. The molecule has 1 N–H and O–H groups in total. The fourth-order valence-electron chi connectivity index (χ4n) is 3.33. The second-order valence-corrected chi connectivity index (χ2v) is 7.40. The van der Waals surface area contributed by atoms with Crippen LogP contribution >= 0.6 is 11.6 Å². The van der Waals surface area contributed by atoms with Gasteiger partial charge in [0, 0.05) is 41.9 Å². The van der Waals surface area contributed by atoms with Gasteiger partial charge in [-0.15, -0.1) is 0 Å². The van der Waals surface area contributed by atoms with E-state index in [9.17, 15) is 4.79 Å². The number of carboxylic acid groups (broad SMARTS) is 1. The lowest BCUT2D eigenvalue weighted by Gasteiger charge is -2.26. The van der Waals surface area contributed by atoms with E-state index >= 15 is 0 Å². The molecule has 0 unspecified atom stereocenters. The second-order valence-electron chi connectivity index (χ2n) is 6.96. The number of carboxylic acids is 1. The summed E-state index contributed by atoms with van der Waals surface area (Å²) in [6, 6.07) is 15.3. The van der Waals surface area contributed by atoms with E-state index in [0.29, 0.717) is 30.5 Å². The summed E-state index contributed by atoms with van der Waals surface area (Å²) in [5.74, 6) is 0.608. The van der Waals surface area contributed by atoms with E-state index in [1.165, 1.54) is 0 Å². The topological polar surface area (TPSA) is 75.5 Å². The van der Waals surface area contributed by atoms with Gasteiger partial charge >= 0.3 is 5.97 Å². The highest BCUT2D eigenvalue weighted by molar-refractivity contribution is 6.30. The lowest BCUT2D eigenvalue weighted by atomic mass is 10.1. The van der Waals surface area contributed by atoms with Crippen molar-refractivity contribution in [2.24, 2.45) is 0 Å². The quantitative estimate of drug-likeness (QED) is 0.667. The van der Waals surface area contributed by atoms with E-state index in [1.807, 2.05) is 53.4 Å². The Morgan fingerprint density at radius 1 is 1.21 bits per heavy atom. The van der Waals surface area contributed by atoms with Crippen LogP contribution in [0.1, 0.15) is 16.8 Å². The van der Waals surface area contributed by atoms with Gasteiger partial charge in [-0.05, 0) is 42.0 Å². The molecule has 0 spiro atoms. The highest BCUT2D eigenvalue weighted by atomic mass is 35.5. The molecule has 0 bridgehead atoms. The minimum Gasteiger partial charge on any atom is -0.489 e. The minimum absolute atomic E-state index is 0.0395. The number of halogens is 1. The molecule has 2 aromatic carbocycles. The smallest absolute Gasteiger partial charge is 0.317 e. The molecular formula is C22H20ClN3O3. The molecule has 0 fully saturated rings. The van der Waals surface area contributed by atoms with Crippen molar-refractivity contribution < 1.29 is 14.6 Å². The Labute approximate surface area is 173 Å². The first-order valence-corrected chi connectivity index (χ1v) is 9.71. The van der Waals surface area contributed by atoms with Gasteiger partial charge in [-0.2, -0.15) is 0 Å². The molecule has 6 nitrogen and oxygen atoms in total. The van der Waals surface area contributed by atoms with Crippen molar-refractivity contribution in [1.82, 2.24) is 14.9 Å². The third-order valence-corrected chi connectivity index (χ3v) is 5.01. The SMILES string of the molecule is O=C(O)CN1CCc2nc(-c3ccc(OCc4cccc(Cl)c4)cc3)ncc2C1. The molecule has 0 atom stereocenters.